The van der Waals surface area contributed by atoms with Crippen molar-refractivity contribution >= 4 is 12.2 Å². The topological polar surface area (TPSA) is 83.1 Å². The van der Waals surface area contributed by atoms with Crippen LogP contribution in [0.5, 0.6) is 0 Å². The first-order valence-corrected chi connectivity index (χ1v) is 10.2. The van der Waals surface area contributed by atoms with Gasteiger partial charge in [0.2, 0.25) is 5.91 Å². The van der Waals surface area contributed by atoms with Gasteiger partial charge in [-0.25, -0.2) is 0 Å². The number of hydrogen-bond acceptors (Lipinski definition) is 6. The van der Waals surface area contributed by atoms with E-state index in [2.05, 4.69) is 12.2 Å². The Hall–Kier alpha value is -0.332. The summed E-state index contributed by atoms with van der Waals surface area (Å²) in [4.78, 5) is 21.2. The van der Waals surface area contributed by atoms with E-state index in [0.717, 1.165) is 12.8 Å². The van der Waals surface area contributed by atoms with Gasteiger partial charge < -0.3 is 36.5 Å². The van der Waals surface area contributed by atoms with Crippen molar-refractivity contribution in [3.05, 3.63) is 7.43 Å². The fourth-order valence-electron chi connectivity index (χ4n) is 1.56. The molecular weight excluding hydrogens is 546 g/mol. The number of amides is 1. The molecule has 0 saturated carbocycles. The molecule has 0 fully saturated rings. The second-order valence-electron chi connectivity index (χ2n) is 4.80. The monoisotopic (exact) mass is 591 g/mol. The van der Waals surface area contributed by atoms with Crippen LogP contribution >= 0.6 is 0 Å². The third-order valence-electron chi connectivity index (χ3n) is 2.79. The molecule has 0 unspecified atom stereocenters. The third kappa shape index (κ3) is 42.7. The fraction of sp³-hybridized carbons (Fsp3) is 0.857. The molecule has 0 aliphatic heterocycles. The summed E-state index contributed by atoms with van der Waals surface area (Å²) in [7, 11) is 0. The molecule has 0 aliphatic carbocycles. The molecule has 0 bridgehead atoms. The van der Waals surface area contributed by atoms with Crippen molar-refractivity contribution in [3.8, 4) is 0 Å². The zero-order chi connectivity index (χ0) is 21.0. The van der Waals surface area contributed by atoms with Gasteiger partial charge in [-0.05, 0) is 6.42 Å². The summed E-state index contributed by atoms with van der Waals surface area (Å²) in [6.45, 7) is 14.4. The molecule has 1 amide bonds. The van der Waals surface area contributed by atoms with Gasteiger partial charge in [-0.2, -0.15) is 0 Å². The average Bonchev–Trinajstić information content (AvgIpc) is 2.72. The second-order valence-corrected chi connectivity index (χ2v) is 4.80. The second kappa shape index (κ2) is 41.9. The average molecular weight is 591 g/mol. The molecule has 8 heteroatoms. The molecule has 7 nitrogen and oxygen atoms in total. The Morgan fingerprint density at radius 1 is 0.793 bits per heavy atom. The van der Waals surface area contributed by atoms with E-state index < -0.39 is 0 Å². The van der Waals surface area contributed by atoms with E-state index in [4.69, 9.17) is 18.9 Å². The standard InChI is InChI=1S/C16H30NO6.2C2H6.CH3.W/c1-2-3-5-16(19)17-6-9-21-11-13-23-15-14-22-12-10-20-8-4-7-18;2*1-2;;/h2-6,8-15H2,1H3,(H,17,19);2*1-2H3;1H3;/q-1;;;-1;+2. The largest absolute Gasteiger partial charge is 2.00 e. The maximum absolute atomic E-state index is 11.3. The Morgan fingerprint density at radius 3 is 1.62 bits per heavy atom. The summed E-state index contributed by atoms with van der Waals surface area (Å²) in [6, 6.07) is 0. The van der Waals surface area contributed by atoms with Crippen molar-refractivity contribution in [3.63, 3.8) is 0 Å². The van der Waals surface area contributed by atoms with E-state index >= 15 is 0 Å². The maximum Gasteiger partial charge on any atom is 2.00 e. The Balaban J connectivity index is -0.000000299. The van der Waals surface area contributed by atoms with Crippen molar-refractivity contribution in [2.75, 3.05) is 59.4 Å². The Morgan fingerprint density at radius 2 is 1.21 bits per heavy atom. The van der Waals surface area contributed by atoms with Crippen LogP contribution in [0.25, 0.3) is 0 Å². The van der Waals surface area contributed by atoms with E-state index in [1.807, 2.05) is 27.7 Å². The van der Waals surface area contributed by atoms with Crippen LogP contribution in [-0.4, -0.2) is 71.6 Å². The minimum atomic E-state index is 0. The molecular formula is C21H45NO6W. The van der Waals surface area contributed by atoms with Crippen LogP contribution in [0.15, 0.2) is 0 Å². The molecule has 0 aromatic heterocycles. The van der Waals surface area contributed by atoms with Crippen LogP contribution in [-0.2, 0) is 49.6 Å². The molecule has 0 spiro atoms. The van der Waals surface area contributed by atoms with Crippen LogP contribution in [0.1, 0.15) is 60.3 Å². The smallest absolute Gasteiger partial charge is 0.542 e. The van der Waals surface area contributed by atoms with Crippen LogP contribution in [0.3, 0.4) is 0 Å². The van der Waals surface area contributed by atoms with Gasteiger partial charge in [0, 0.05) is 19.6 Å². The van der Waals surface area contributed by atoms with Gasteiger partial charge in [0.1, 0.15) is 0 Å². The molecule has 29 heavy (non-hydrogen) atoms. The predicted molar refractivity (Wildman–Crippen MR) is 115 cm³/mol. The van der Waals surface area contributed by atoms with Gasteiger partial charge >= 0.3 is 21.1 Å². The third-order valence-corrected chi connectivity index (χ3v) is 2.79. The molecule has 1 N–H and O–H groups in total. The first kappa shape index (κ1) is 39.2. The summed E-state index contributed by atoms with van der Waals surface area (Å²) < 4.78 is 21.1. The molecule has 0 rings (SSSR count). The van der Waals surface area contributed by atoms with Crippen LogP contribution in [0, 0.1) is 7.43 Å². The molecule has 0 radical (unpaired) electrons. The number of ether oxygens (including phenoxy) is 4. The molecule has 0 atom stereocenters. The van der Waals surface area contributed by atoms with E-state index in [1.165, 1.54) is 0 Å². The minimum Gasteiger partial charge on any atom is -0.542 e. The fourth-order valence-corrected chi connectivity index (χ4v) is 1.56. The van der Waals surface area contributed by atoms with Crippen molar-refractivity contribution in [1.82, 2.24) is 5.32 Å². The van der Waals surface area contributed by atoms with Crippen molar-refractivity contribution in [2.24, 2.45) is 0 Å². The van der Waals surface area contributed by atoms with Gasteiger partial charge in [0.05, 0.1) is 46.2 Å². The van der Waals surface area contributed by atoms with Crippen molar-refractivity contribution in [2.45, 2.75) is 60.3 Å². The normalized spacial score (nSPS) is 8.86. The van der Waals surface area contributed by atoms with Gasteiger partial charge in [0.25, 0.3) is 0 Å². The van der Waals surface area contributed by atoms with Gasteiger partial charge in [-0.15, -0.1) is 6.42 Å². The van der Waals surface area contributed by atoms with Crippen LogP contribution < -0.4 is 5.32 Å². The van der Waals surface area contributed by atoms with Crippen LogP contribution in [0.2, 0.25) is 0 Å². The summed E-state index contributed by atoms with van der Waals surface area (Å²) in [5.74, 6) is 0.0807. The number of hydrogen-bond donors (Lipinski definition) is 1. The molecule has 0 aliphatic rings. The Bertz CT molecular complexity index is 284. The quantitative estimate of drug-likeness (QED) is 0.195. The number of carbonyl (C=O) groups excluding carboxylic acids is 2. The van der Waals surface area contributed by atoms with E-state index in [0.29, 0.717) is 72.2 Å². The molecule has 0 aromatic rings. The number of unbranched alkanes of at least 4 members (excludes halogenated alkanes) is 1. The SMILES string of the molecule is CC.CC.CCCCC(=O)NCCOCCOCCOCCOCC[C-]=O.[CH3-].[W+2]. The van der Waals surface area contributed by atoms with Crippen molar-refractivity contribution < 1.29 is 49.6 Å². The van der Waals surface area contributed by atoms with Crippen LogP contribution in [0.4, 0.5) is 0 Å². The summed E-state index contributed by atoms with van der Waals surface area (Å²) in [6.07, 6.45) is 4.58. The van der Waals surface area contributed by atoms with E-state index in [9.17, 15) is 9.59 Å². The minimum absolute atomic E-state index is 0. The van der Waals surface area contributed by atoms with Gasteiger partial charge in [-0.3, -0.25) is 11.1 Å². The first-order chi connectivity index (χ1) is 13.3. The van der Waals surface area contributed by atoms with Gasteiger partial charge in [0.15, 0.2) is 0 Å². The maximum atomic E-state index is 11.3. The Labute approximate surface area is 194 Å². The first-order valence-electron chi connectivity index (χ1n) is 10.2. The number of carbonyl (C=O) groups is 1. The zero-order valence-corrected chi connectivity index (χ0v) is 22.5. The summed E-state index contributed by atoms with van der Waals surface area (Å²) in [5, 5.41) is 2.80. The summed E-state index contributed by atoms with van der Waals surface area (Å²) in [5.41, 5.74) is 0. The Kier molecular flexibility index (Phi) is 56.6. The molecule has 0 saturated heterocycles. The van der Waals surface area contributed by atoms with Crippen molar-refractivity contribution in [1.29, 1.82) is 0 Å². The number of nitrogens with one attached hydrogen (secondary N) is 1. The predicted octanol–water partition coefficient (Wildman–Crippen LogP) is 3.36. The van der Waals surface area contributed by atoms with E-state index in [1.54, 1.807) is 6.29 Å². The molecule has 176 valence electrons. The van der Waals surface area contributed by atoms with Gasteiger partial charge in [-0.1, -0.05) is 41.0 Å². The molecule has 0 heterocycles. The number of rotatable bonds is 18. The summed E-state index contributed by atoms with van der Waals surface area (Å²) >= 11 is 0. The molecule has 0 aromatic carbocycles. The zero-order valence-electron chi connectivity index (χ0n) is 19.6. The van der Waals surface area contributed by atoms with E-state index in [-0.39, 0.29) is 34.4 Å².